The van der Waals surface area contributed by atoms with E-state index in [0.717, 1.165) is 6.54 Å². The van der Waals surface area contributed by atoms with Crippen LogP contribution in [-0.2, 0) is 0 Å². The van der Waals surface area contributed by atoms with E-state index in [4.69, 9.17) is 4.74 Å². The molecule has 1 aliphatic rings. The molecule has 0 spiro atoms. The minimum Gasteiger partial charge on any atom is -0.431 e. The van der Waals surface area contributed by atoms with Crippen LogP contribution in [0.25, 0.3) is 0 Å². The van der Waals surface area contributed by atoms with Gasteiger partial charge in [0.25, 0.3) is 11.1 Å². The van der Waals surface area contributed by atoms with Gasteiger partial charge in [0.1, 0.15) is 5.75 Å². The lowest BCUT2D eigenvalue weighted by Gasteiger charge is -2.05. The Balaban J connectivity index is 1.59. The first-order chi connectivity index (χ1) is 9.31. The number of carbonyl (C=O) groups excluding carboxylic acids is 1. The Hall–Kier alpha value is -1.88. The smallest absolute Gasteiger partial charge is 0.278 e. The maximum absolute atomic E-state index is 11.8. The third-order valence-corrected chi connectivity index (χ3v) is 3.63. The first-order valence-electron chi connectivity index (χ1n) is 6.27. The predicted molar refractivity (Wildman–Crippen MR) is 73.7 cm³/mol. The second-order valence-electron chi connectivity index (χ2n) is 4.58. The van der Waals surface area contributed by atoms with Crippen molar-refractivity contribution < 1.29 is 9.53 Å². The maximum atomic E-state index is 11.8. The molecule has 2 aromatic rings. The van der Waals surface area contributed by atoms with E-state index in [9.17, 15) is 4.79 Å². The Morgan fingerprint density at radius 3 is 2.79 bits per heavy atom. The third-order valence-electron chi connectivity index (χ3n) is 2.98. The van der Waals surface area contributed by atoms with Gasteiger partial charge in [-0.25, -0.2) is 4.98 Å². The van der Waals surface area contributed by atoms with Crippen molar-refractivity contribution in [2.24, 2.45) is 5.92 Å². The molecule has 0 radical (unpaired) electrons. The van der Waals surface area contributed by atoms with Crippen molar-refractivity contribution in [3.05, 3.63) is 41.4 Å². The lowest BCUT2D eigenvalue weighted by molar-refractivity contribution is 0.0952. The normalized spacial score (nSPS) is 14.1. The van der Waals surface area contributed by atoms with Crippen molar-refractivity contribution in [1.29, 1.82) is 0 Å². The fraction of sp³-hybridized carbons (Fsp3) is 0.286. The van der Waals surface area contributed by atoms with E-state index >= 15 is 0 Å². The van der Waals surface area contributed by atoms with Gasteiger partial charge in [-0.1, -0.05) is 11.3 Å². The van der Waals surface area contributed by atoms with E-state index in [-0.39, 0.29) is 5.91 Å². The number of hydrogen-bond donors (Lipinski definition) is 1. The molecular formula is C14H14N2O2S. The minimum atomic E-state index is -0.0206. The van der Waals surface area contributed by atoms with E-state index in [2.05, 4.69) is 10.3 Å². The van der Waals surface area contributed by atoms with Gasteiger partial charge in [-0.2, -0.15) is 0 Å². The first kappa shape index (κ1) is 12.2. The molecular weight excluding hydrogens is 260 g/mol. The molecule has 1 N–H and O–H groups in total. The number of thiazole rings is 1. The van der Waals surface area contributed by atoms with Crippen LogP contribution in [0.3, 0.4) is 0 Å². The molecule has 4 nitrogen and oxygen atoms in total. The highest BCUT2D eigenvalue weighted by molar-refractivity contribution is 7.11. The van der Waals surface area contributed by atoms with Crippen molar-refractivity contribution in [1.82, 2.24) is 10.3 Å². The van der Waals surface area contributed by atoms with Crippen LogP contribution in [0.4, 0.5) is 0 Å². The molecule has 0 atom stereocenters. The molecule has 1 amide bonds. The number of hydrogen-bond acceptors (Lipinski definition) is 4. The number of aromatic nitrogens is 1. The van der Waals surface area contributed by atoms with E-state index in [1.165, 1.54) is 24.2 Å². The van der Waals surface area contributed by atoms with Crippen molar-refractivity contribution in [3.63, 3.8) is 0 Å². The molecule has 0 unspecified atom stereocenters. The Morgan fingerprint density at radius 1 is 1.37 bits per heavy atom. The summed E-state index contributed by atoms with van der Waals surface area (Å²) in [5.41, 5.74) is 0.659. The van der Waals surface area contributed by atoms with Crippen LogP contribution in [0.1, 0.15) is 23.2 Å². The summed E-state index contributed by atoms with van der Waals surface area (Å²) in [6, 6.07) is 7.11. The quantitative estimate of drug-likeness (QED) is 0.911. The number of nitrogens with zero attached hydrogens (tertiary/aromatic N) is 1. The number of carbonyl (C=O) groups is 1. The van der Waals surface area contributed by atoms with Crippen molar-refractivity contribution in [2.75, 3.05) is 6.54 Å². The molecule has 0 aliphatic heterocycles. The topological polar surface area (TPSA) is 51.2 Å². The van der Waals surface area contributed by atoms with E-state index < -0.39 is 0 Å². The van der Waals surface area contributed by atoms with Gasteiger partial charge >= 0.3 is 0 Å². The maximum Gasteiger partial charge on any atom is 0.278 e. The molecule has 19 heavy (non-hydrogen) atoms. The summed E-state index contributed by atoms with van der Waals surface area (Å²) in [6.45, 7) is 0.788. The average Bonchev–Trinajstić information content (AvgIpc) is 3.13. The fourth-order valence-corrected chi connectivity index (χ4v) is 2.20. The SMILES string of the molecule is O=C(NCC1CC1)c1ccc(Oc2nccs2)cc1. The summed E-state index contributed by atoms with van der Waals surface area (Å²) in [7, 11) is 0. The van der Waals surface area contributed by atoms with Crippen LogP contribution in [0.2, 0.25) is 0 Å². The van der Waals surface area contributed by atoms with Crippen molar-refractivity contribution >= 4 is 17.2 Å². The van der Waals surface area contributed by atoms with Gasteiger partial charge in [-0.15, -0.1) is 0 Å². The van der Waals surface area contributed by atoms with Gasteiger partial charge in [0.15, 0.2) is 0 Å². The number of nitrogens with one attached hydrogen (secondary N) is 1. The van der Waals surface area contributed by atoms with Gasteiger partial charge in [0.05, 0.1) is 0 Å². The van der Waals surface area contributed by atoms with E-state index in [1.807, 2.05) is 5.38 Å². The molecule has 98 valence electrons. The van der Waals surface area contributed by atoms with Crippen LogP contribution < -0.4 is 10.1 Å². The molecule has 1 fully saturated rings. The molecule has 1 aromatic carbocycles. The summed E-state index contributed by atoms with van der Waals surface area (Å²) >= 11 is 1.43. The van der Waals surface area contributed by atoms with Gasteiger partial charge in [-0.05, 0) is 43.0 Å². The van der Waals surface area contributed by atoms with Crippen LogP contribution >= 0.6 is 11.3 Å². The van der Waals surface area contributed by atoms with Gasteiger partial charge in [0.2, 0.25) is 0 Å². The predicted octanol–water partition coefficient (Wildman–Crippen LogP) is 3.08. The monoisotopic (exact) mass is 274 g/mol. The third kappa shape index (κ3) is 3.32. The molecule has 5 heteroatoms. The second-order valence-corrected chi connectivity index (χ2v) is 5.43. The average molecular weight is 274 g/mol. The standard InChI is InChI=1S/C14H14N2O2S/c17-13(16-9-10-1-2-10)11-3-5-12(6-4-11)18-14-15-7-8-19-14/h3-8,10H,1-2,9H2,(H,16,17). The van der Waals surface area contributed by atoms with Crippen LogP contribution in [0.15, 0.2) is 35.8 Å². The van der Waals surface area contributed by atoms with Gasteiger partial charge in [-0.3, -0.25) is 4.79 Å². The Bertz CT molecular complexity index is 547. The highest BCUT2D eigenvalue weighted by Crippen LogP contribution is 2.27. The highest BCUT2D eigenvalue weighted by atomic mass is 32.1. The zero-order valence-electron chi connectivity index (χ0n) is 10.3. The zero-order chi connectivity index (χ0) is 13.1. The van der Waals surface area contributed by atoms with Crippen LogP contribution in [-0.4, -0.2) is 17.4 Å². The zero-order valence-corrected chi connectivity index (χ0v) is 11.2. The summed E-state index contributed by atoms with van der Waals surface area (Å²) < 4.78 is 5.54. The Morgan fingerprint density at radius 2 is 2.16 bits per heavy atom. The number of rotatable bonds is 5. The first-order valence-corrected chi connectivity index (χ1v) is 7.15. The number of amides is 1. The molecule has 0 saturated heterocycles. The number of ether oxygens (including phenoxy) is 1. The van der Waals surface area contributed by atoms with Gasteiger partial charge < -0.3 is 10.1 Å². The molecule has 1 saturated carbocycles. The summed E-state index contributed by atoms with van der Waals surface area (Å²) in [4.78, 5) is 15.9. The van der Waals surface area contributed by atoms with Crippen molar-refractivity contribution in [3.8, 4) is 10.9 Å². The largest absolute Gasteiger partial charge is 0.431 e. The van der Waals surface area contributed by atoms with Gasteiger partial charge in [0, 0.05) is 23.7 Å². The van der Waals surface area contributed by atoms with E-state index in [1.54, 1.807) is 30.5 Å². The summed E-state index contributed by atoms with van der Waals surface area (Å²) in [5.74, 6) is 1.36. The minimum absolute atomic E-state index is 0.0206. The second kappa shape index (κ2) is 5.40. The lowest BCUT2D eigenvalue weighted by Crippen LogP contribution is -2.25. The molecule has 1 heterocycles. The highest BCUT2D eigenvalue weighted by Gasteiger charge is 2.21. The van der Waals surface area contributed by atoms with E-state index in [0.29, 0.717) is 22.4 Å². The number of benzene rings is 1. The molecule has 1 aromatic heterocycles. The Labute approximate surface area is 115 Å². The van der Waals surface area contributed by atoms with Crippen molar-refractivity contribution in [2.45, 2.75) is 12.8 Å². The van der Waals surface area contributed by atoms with Crippen LogP contribution in [0, 0.1) is 5.92 Å². The lowest BCUT2D eigenvalue weighted by atomic mass is 10.2. The fourth-order valence-electron chi connectivity index (χ4n) is 1.70. The molecule has 1 aliphatic carbocycles. The molecule has 0 bridgehead atoms. The van der Waals surface area contributed by atoms with Crippen LogP contribution in [0.5, 0.6) is 10.9 Å². The molecule has 3 rings (SSSR count). The Kier molecular flexibility index (Phi) is 3.46. The summed E-state index contributed by atoms with van der Waals surface area (Å²) in [5, 5.41) is 5.39. The summed E-state index contributed by atoms with van der Waals surface area (Å²) in [6.07, 6.45) is 4.17.